The van der Waals surface area contributed by atoms with Gasteiger partial charge in [-0.15, -0.1) is 0 Å². The number of para-hydroxylation sites is 1. The van der Waals surface area contributed by atoms with Crippen LogP contribution in [0.2, 0.25) is 0 Å². The van der Waals surface area contributed by atoms with Gasteiger partial charge in [0.15, 0.2) is 0 Å². The van der Waals surface area contributed by atoms with Crippen LogP contribution in [0.5, 0.6) is 5.75 Å². The lowest BCUT2D eigenvalue weighted by atomic mass is 10.1. The summed E-state index contributed by atoms with van der Waals surface area (Å²) < 4.78 is 0. The number of carbonyl (C=O) groups is 1. The minimum atomic E-state index is -0.219. The molecular formula is C15H12N2O2. The third kappa shape index (κ3) is 1.97. The molecule has 0 saturated heterocycles. The summed E-state index contributed by atoms with van der Waals surface area (Å²) in [5.74, 6) is -0.172. The molecule has 0 aliphatic heterocycles. The van der Waals surface area contributed by atoms with Crippen molar-refractivity contribution in [2.24, 2.45) is 0 Å². The second-order valence-electron chi connectivity index (χ2n) is 4.39. The first-order valence-electron chi connectivity index (χ1n) is 5.94. The van der Waals surface area contributed by atoms with Gasteiger partial charge in [0.25, 0.3) is 0 Å². The maximum absolute atomic E-state index is 11.1. The summed E-state index contributed by atoms with van der Waals surface area (Å²) in [5, 5.41) is 14.4. The van der Waals surface area contributed by atoms with E-state index in [2.05, 4.69) is 10.3 Å². The average molecular weight is 252 g/mol. The highest BCUT2D eigenvalue weighted by Gasteiger charge is 2.09. The highest BCUT2D eigenvalue weighted by molar-refractivity contribution is 6.01. The summed E-state index contributed by atoms with van der Waals surface area (Å²) >= 11 is 0. The molecule has 0 saturated carbocycles. The quantitative estimate of drug-likeness (QED) is 0.517. The number of phenols is 1. The summed E-state index contributed by atoms with van der Waals surface area (Å²) in [6.45, 7) is 1.41. The molecule has 94 valence electrons. The molecule has 0 aliphatic carbocycles. The number of phenolic OH excluding ortho intramolecular Hbond substituents is 1. The van der Waals surface area contributed by atoms with Crippen molar-refractivity contribution < 1.29 is 9.90 Å². The molecule has 4 heteroatoms. The molecule has 1 amide bonds. The highest BCUT2D eigenvalue weighted by atomic mass is 16.3. The lowest BCUT2D eigenvalue weighted by Crippen LogP contribution is -2.05. The van der Waals surface area contributed by atoms with Crippen molar-refractivity contribution in [1.82, 2.24) is 4.98 Å². The Morgan fingerprint density at radius 3 is 2.74 bits per heavy atom. The second kappa shape index (κ2) is 4.24. The number of carbonyl (C=O) groups excluding carboxylic acids is 1. The van der Waals surface area contributed by atoms with Crippen LogP contribution in [0.1, 0.15) is 6.92 Å². The van der Waals surface area contributed by atoms with Crippen LogP contribution in [-0.4, -0.2) is 16.0 Å². The number of aromatic hydroxyl groups is 1. The van der Waals surface area contributed by atoms with Crippen LogP contribution >= 0.6 is 0 Å². The standard InChI is InChI=1S/C15H12N2O2/c1-9(18)16-14-7-6-13-11(15(14)19)8-10-4-2-3-5-12(10)17-13/h2-8,19H,1H3,(H,16,18). The Balaban J connectivity index is 2.29. The van der Waals surface area contributed by atoms with Crippen LogP contribution in [0.3, 0.4) is 0 Å². The van der Waals surface area contributed by atoms with Gasteiger partial charge in [-0.1, -0.05) is 18.2 Å². The lowest BCUT2D eigenvalue weighted by molar-refractivity contribution is -0.114. The van der Waals surface area contributed by atoms with Gasteiger partial charge < -0.3 is 10.4 Å². The van der Waals surface area contributed by atoms with Gasteiger partial charge in [0, 0.05) is 17.7 Å². The third-order valence-electron chi connectivity index (χ3n) is 2.98. The van der Waals surface area contributed by atoms with Crippen LogP contribution in [-0.2, 0) is 4.79 Å². The van der Waals surface area contributed by atoms with Crippen molar-refractivity contribution in [3.05, 3.63) is 42.5 Å². The Hall–Kier alpha value is -2.62. The van der Waals surface area contributed by atoms with Crippen molar-refractivity contribution in [1.29, 1.82) is 0 Å². The van der Waals surface area contributed by atoms with Crippen molar-refractivity contribution in [2.75, 3.05) is 5.32 Å². The number of fused-ring (bicyclic) bond motifs is 2. The number of rotatable bonds is 1. The zero-order chi connectivity index (χ0) is 13.4. The number of anilines is 1. The van der Waals surface area contributed by atoms with E-state index in [4.69, 9.17) is 0 Å². The first-order valence-corrected chi connectivity index (χ1v) is 5.94. The zero-order valence-corrected chi connectivity index (χ0v) is 10.3. The molecule has 0 radical (unpaired) electrons. The van der Waals surface area contributed by atoms with Crippen molar-refractivity contribution in [3.63, 3.8) is 0 Å². The van der Waals surface area contributed by atoms with Crippen molar-refractivity contribution in [3.8, 4) is 5.75 Å². The fourth-order valence-corrected chi connectivity index (χ4v) is 2.12. The SMILES string of the molecule is CC(=O)Nc1ccc2nc3ccccc3cc2c1O. The molecule has 19 heavy (non-hydrogen) atoms. The maximum atomic E-state index is 11.1. The van der Waals surface area contributed by atoms with E-state index in [9.17, 15) is 9.90 Å². The van der Waals surface area contributed by atoms with E-state index in [0.29, 0.717) is 16.6 Å². The molecule has 3 aromatic rings. The van der Waals surface area contributed by atoms with E-state index < -0.39 is 0 Å². The summed E-state index contributed by atoms with van der Waals surface area (Å²) in [7, 11) is 0. The summed E-state index contributed by atoms with van der Waals surface area (Å²) in [6, 6.07) is 13.0. The smallest absolute Gasteiger partial charge is 0.221 e. The van der Waals surface area contributed by atoms with E-state index in [-0.39, 0.29) is 11.7 Å². The lowest BCUT2D eigenvalue weighted by Gasteiger charge is -2.08. The largest absolute Gasteiger partial charge is 0.505 e. The van der Waals surface area contributed by atoms with Gasteiger partial charge in [-0.05, 0) is 24.3 Å². The minimum absolute atomic E-state index is 0.0472. The predicted molar refractivity (Wildman–Crippen MR) is 75.2 cm³/mol. The van der Waals surface area contributed by atoms with Gasteiger partial charge >= 0.3 is 0 Å². The van der Waals surface area contributed by atoms with Crippen LogP contribution in [0.15, 0.2) is 42.5 Å². The molecule has 0 unspecified atom stereocenters. The van der Waals surface area contributed by atoms with Crippen LogP contribution in [0.25, 0.3) is 21.8 Å². The van der Waals surface area contributed by atoms with E-state index in [0.717, 1.165) is 10.9 Å². The molecular weight excluding hydrogens is 240 g/mol. The number of benzene rings is 2. The highest BCUT2D eigenvalue weighted by Crippen LogP contribution is 2.33. The molecule has 0 bridgehead atoms. The Kier molecular flexibility index (Phi) is 2.56. The average Bonchev–Trinajstić information content (AvgIpc) is 2.40. The van der Waals surface area contributed by atoms with Crippen LogP contribution in [0, 0.1) is 0 Å². The fraction of sp³-hybridized carbons (Fsp3) is 0.0667. The number of aromatic nitrogens is 1. The number of hydrogen-bond donors (Lipinski definition) is 2. The number of pyridine rings is 1. The number of amides is 1. The number of hydrogen-bond acceptors (Lipinski definition) is 3. The Labute approximate surface area is 109 Å². The topological polar surface area (TPSA) is 62.2 Å². The Morgan fingerprint density at radius 2 is 1.95 bits per heavy atom. The molecule has 0 spiro atoms. The van der Waals surface area contributed by atoms with Gasteiger partial charge in [-0.25, -0.2) is 4.98 Å². The van der Waals surface area contributed by atoms with E-state index >= 15 is 0 Å². The first kappa shape index (κ1) is 11.5. The van der Waals surface area contributed by atoms with Gasteiger partial charge in [-0.2, -0.15) is 0 Å². The number of nitrogens with zero attached hydrogens (tertiary/aromatic N) is 1. The Morgan fingerprint density at radius 1 is 1.16 bits per heavy atom. The van der Waals surface area contributed by atoms with Crippen molar-refractivity contribution in [2.45, 2.75) is 6.92 Å². The molecule has 1 aromatic heterocycles. The predicted octanol–water partition coefficient (Wildman–Crippen LogP) is 3.05. The van der Waals surface area contributed by atoms with Crippen LogP contribution in [0.4, 0.5) is 5.69 Å². The van der Waals surface area contributed by atoms with Gasteiger partial charge in [0.05, 0.1) is 16.7 Å². The van der Waals surface area contributed by atoms with Crippen LogP contribution < -0.4 is 5.32 Å². The number of nitrogens with one attached hydrogen (secondary N) is 1. The molecule has 3 rings (SSSR count). The summed E-state index contributed by atoms with van der Waals surface area (Å²) in [6.07, 6.45) is 0. The summed E-state index contributed by atoms with van der Waals surface area (Å²) in [5.41, 5.74) is 1.98. The molecule has 1 heterocycles. The Bertz CT molecular complexity index is 797. The molecule has 4 nitrogen and oxygen atoms in total. The molecule has 2 aromatic carbocycles. The fourth-order valence-electron chi connectivity index (χ4n) is 2.12. The third-order valence-corrected chi connectivity index (χ3v) is 2.98. The summed E-state index contributed by atoms with van der Waals surface area (Å²) in [4.78, 5) is 15.6. The monoisotopic (exact) mass is 252 g/mol. The van der Waals surface area contributed by atoms with Crippen molar-refractivity contribution >= 4 is 33.4 Å². The van der Waals surface area contributed by atoms with E-state index in [1.165, 1.54) is 6.92 Å². The minimum Gasteiger partial charge on any atom is -0.505 e. The zero-order valence-electron chi connectivity index (χ0n) is 10.3. The van der Waals surface area contributed by atoms with Gasteiger partial charge in [0.2, 0.25) is 5.91 Å². The normalized spacial score (nSPS) is 10.8. The molecule has 0 atom stereocenters. The van der Waals surface area contributed by atoms with Gasteiger partial charge in [-0.3, -0.25) is 4.79 Å². The molecule has 0 aliphatic rings. The van der Waals surface area contributed by atoms with Gasteiger partial charge in [0.1, 0.15) is 5.75 Å². The molecule has 2 N–H and O–H groups in total. The molecule has 0 fully saturated rings. The maximum Gasteiger partial charge on any atom is 0.221 e. The first-order chi connectivity index (χ1) is 9.15. The van der Waals surface area contributed by atoms with E-state index in [1.54, 1.807) is 12.1 Å². The second-order valence-corrected chi connectivity index (χ2v) is 4.39. The van der Waals surface area contributed by atoms with E-state index in [1.807, 2.05) is 30.3 Å².